The van der Waals surface area contributed by atoms with E-state index in [1.54, 1.807) is 4.90 Å². The van der Waals surface area contributed by atoms with Crippen molar-refractivity contribution >= 4 is 11.9 Å². The van der Waals surface area contributed by atoms with Gasteiger partial charge in [0.25, 0.3) is 0 Å². The second-order valence-electron chi connectivity index (χ2n) is 4.92. The van der Waals surface area contributed by atoms with Gasteiger partial charge < -0.3 is 20.5 Å². The van der Waals surface area contributed by atoms with Crippen molar-refractivity contribution in [3.05, 3.63) is 0 Å². The first-order valence-electron chi connectivity index (χ1n) is 6.11. The smallest absolute Gasteiger partial charge is 0.317 e. The number of carbonyl (C=O) groups excluding carboxylic acids is 1. The molecule has 2 rings (SSSR count). The molecule has 18 heavy (non-hydrogen) atoms. The predicted molar refractivity (Wildman–Crippen MR) is 63.0 cm³/mol. The third-order valence-corrected chi connectivity index (χ3v) is 3.50. The van der Waals surface area contributed by atoms with Crippen LogP contribution in [-0.2, 0) is 14.3 Å². The number of nitrogens with zero attached hydrogens (tertiary/aromatic N) is 2. The van der Waals surface area contributed by atoms with Crippen LogP contribution in [0.4, 0.5) is 0 Å². The minimum Gasteiger partial charge on any atom is -0.480 e. The zero-order valence-electron chi connectivity index (χ0n) is 10.3. The number of carbonyl (C=O) groups is 2. The lowest BCUT2D eigenvalue weighted by atomic mass is 9.98. The van der Waals surface area contributed by atoms with Crippen molar-refractivity contribution in [2.45, 2.75) is 12.0 Å². The first-order valence-corrected chi connectivity index (χ1v) is 6.11. The molecule has 1 amide bonds. The molecule has 0 spiro atoms. The number of amides is 1. The Labute approximate surface area is 105 Å². The van der Waals surface area contributed by atoms with E-state index in [2.05, 4.69) is 0 Å². The maximum absolute atomic E-state index is 12.2. The second kappa shape index (κ2) is 5.21. The lowest BCUT2D eigenvalue weighted by Crippen LogP contribution is -2.60. The summed E-state index contributed by atoms with van der Waals surface area (Å²) >= 11 is 0. The molecule has 1 atom stereocenters. The van der Waals surface area contributed by atoms with Crippen LogP contribution in [0.25, 0.3) is 0 Å². The minimum absolute atomic E-state index is 0.0267. The molecule has 2 aliphatic rings. The van der Waals surface area contributed by atoms with Crippen molar-refractivity contribution in [3.63, 3.8) is 0 Å². The minimum atomic E-state index is -0.880. The van der Waals surface area contributed by atoms with E-state index < -0.39 is 11.5 Å². The average Bonchev–Trinajstić information content (AvgIpc) is 2.77. The molecule has 2 aliphatic heterocycles. The summed E-state index contributed by atoms with van der Waals surface area (Å²) < 4.78 is 5.19. The third-order valence-electron chi connectivity index (χ3n) is 3.50. The lowest BCUT2D eigenvalue weighted by molar-refractivity contribution is -0.141. The Morgan fingerprint density at radius 2 is 1.94 bits per heavy atom. The molecule has 0 saturated carbocycles. The van der Waals surface area contributed by atoms with Gasteiger partial charge >= 0.3 is 5.97 Å². The topological polar surface area (TPSA) is 96.1 Å². The Morgan fingerprint density at radius 3 is 2.44 bits per heavy atom. The number of piperazine rings is 1. The highest BCUT2D eigenvalue weighted by Crippen LogP contribution is 2.19. The normalized spacial score (nSPS) is 29.5. The van der Waals surface area contributed by atoms with Gasteiger partial charge in [-0.05, 0) is 6.42 Å². The Balaban J connectivity index is 1.86. The van der Waals surface area contributed by atoms with Crippen LogP contribution in [0, 0.1) is 0 Å². The Morgan fingerprint density at radius 1 is 1.28 bits per heavy atom. The molecular formula is C11H19N3O4. The highest BCUT2D eigenvalue weighted by atomic mass is 16.5. The summed E-state index contributed by atoms with van der Waals surface area (Å²) in [6.45, 7) is 3.06. The summed E-state index contributed by atoms with van der Waals surface area (Å²) in [5.74, 6) is -0.913. The highest BCUT2D eigenvalue weighted by Gasteiger charge is 2.41. The van der Waals surface area contributed by atoms with Gasteiger partial charge in [0.15, 0.2) is 0 Å². The van der Waals surface area contributed by atoms with E-state index in [1.165, 1.54) is 0 Å². The number of rotatable bonds is 3. The van der Waals surface area contributed by atoms with Crippen LogP contribution in [0.3, 0.4) is 0 Å². The molecular weight excluding hydrogens is 238 g/mol. The third kappa shape index (κ3) is 2.80. The number of nitrogens with two attached hydrogens (primary N) is 1. The monoisotopic (exact) mass is 257 g/mol. The summed E-state index contributed by atoms with van der Waals surface area (Å²) in [5.41, 5.74) is 5.14. The van der Waals surface area contributed by atoms with Crippen LogP contribution in [0.5, 0.6) is 0 Å². The SMILES string of the molecule is NC1(C(=O)N2CCN(CC(=O)O)CC2)CCOC1. The average molecular weight is 257 g/mol. The van der Waals surface area contributed by atoms with Gasteiger partial charge in [-0.2, -0.15) is 0 Å². The number of ether oxygens (including phenoxy) is 1. The van der Waals surface area contributed by atoms with Crippen LogP contribution in [0.1, 0.15) is 6.42 Å². The van der Waals surface area contributed by atoms with Crippen LogP contribution >= 0.6 is 0 Å². The van der Waals surface area contributed by atoms with E-state index in [0.29, 0.717) is 39.2 Å². The summed E-state index contributed by atoms with van der Waals surface area (Å²) in [7, 11) is 0. The van der Waals surface area contributed by atoms with Gasteiger partial charge in [0.05, 0.1) is 13.2 Å². The first-order chi connectivity index (χ1) is 8.51. The van der Waals surface area contributed by atoms with E-state index in [0.717, 1.165) is 0 Å². The van der Waals surface area contributed by atoms with E-state index in [9.17, 15) is 9.59 Å². The Kier molecular flexibility index (Phi) is 3.84. The zero-order chi connectivity index (χ0) is 13.2. The molecule has 0 aromatic rings. The van der Waals surface area contributed by atoms with E-state index in [1.807, 2.05) is 4.90 Å². The van der Waals surface area contributed by atoms with Crippen molar-refractivity contribution in [1.82, 2.24) is 9.80 Å². The van der Waals surface area contributed by atoms with Gasteiger partial charge in [-0.15, -0.1) is 0 Å². The van der Waals surface area contributed by atoms with Gasteiger partial charge in [-0.3, -0.25) is 14.5 Å². The van der Waals surface area contributed by atoms with Crippen molar-refractivity contribution < 1.29 is 19.4 Å². The van der Waals surface area contributed by atoms with E-state index in [4.69, 9.17) is 15.6 Å². The van der Waals surface area contributed by atoms with Gasteiger partial charge in [0.2, 0.25) is 5.91 Å². The second-order valence-corrected chi connectivity index (χ2v) is 4.92. The van der Waals surface area contributed by atoms with Crippen LogP contribution < -0.4 is 5.73 Å². The number of hydrogen-bond acceptors (Lipinski definition) is 5. The molecule has 7 nitrogen and oxygen atoms in total. The number of aliphatic carboxylic acids is 1. The van der Waals surface area contributed by atoms with Crippen molar-refractivity contribution in [2.24, 2.45) is 5.73 Å². The Hall–Kier alpha value is -1.18. The molecule has 2 fully saturated rings. The summed E-state index contributed by atoms with van der Waals surface area (Å²) in [4.78, 5) is 26.4. The molecule has 0 aromatic carbocycles. The van der Waals surface area contributed by atoms with Crippen molar-refractivity contribution in [1.29, 1.82) is 0 Å². The fourth-order valence-corrected chi connectivity index (χ4v) is 2.36. The quantitative estimate of drug-likeness (QED) is 0.628. The molecule has 7 heteroatoms. The van der Waals surface area contributed by atoms with E-state index >= 15 is 0 Å². The molecule has 0 aliphatic carbocycles. The molecule has 0 bridgehead atoms. The van der Waals surface area contributed by atoms with Crippen molar-refractivity contribution in [2.75, 3.05) is 45.9 Å². The molecule has 0 radical (unpaired) electrons. The maximum Gasteiger partial charge on any atom is 0.317 e. The van der Waals surface area contributed by atoms with Crippen LogP contribution in [0.15, 0.2) is 0 Å². The van der Waals surface area contributed by atoms with Crippen molar-refractivity contribution in [3.8, 4) is 0 Å². The number of hydrogen-bond donors (Lipinski definition) is 2. The standard InChI is InChI=1S/C11H19N3O4/c12-11(1-6-18-8-11)10(17)14-4-2-13(3-5-14)7-9(15)16/h1-8,12H2,(H,15,16). The summed E-state index contributed by atoms with van der Waals surface area (Å²) in [5, 5.41) is 8.70. The number of carboxylic acid groups (broad SMARTS) is 1. The van der Waals surface area contributed by atoms with Crippen LogP contribution in [-0.4, -0.2) is 78.3 Å². The largest absolute Gasteiger partial charge is 0.480 e. The summed E-state index contributed by atoms with van der Waals surface area (Å²) in [6, 6.07) is 0. The first kappa shape index (κ1) is 13.3. The molecule has 2 heterocycles. The van der Waals surface area contributed by atoms with Crippen LogP contribution in [0.2, 0.25) is 0 Å². The fraction of sp³-hybridized carbons (Fsp3) is 0.818. The van der Waals surface area contributed by atoms with Gasteiger partial charge in [0, 0.05) is 32.8 Å². The number of carboxylic acids is 1. The van der Waals surface area contributed by atoms with Gasteiger partial charge in [-0.25, -0.2) is 0 Å². The molecule has 2 saturated heterocycles. The zero-order valence-corrected chi connectivity index (χ0v) is 10.3. The van der Waals surface area contributed by atoms with E-state index in [-0.39, 0.29) is 19.1 Å². The Bertz CT molecular complexity index is 333. The molecule has 0 aromatic heterocycles. The lowest BCUT2D eigenvalue weighted by Gasteiger charge is -2.37. The summed E-state index contributed by atoms with van der Waals surface area (Å²) in [6.07, 6.45) is 0.557. The fourth-order valence-electron chi connectivity index (χ4n) is 2.36. The predicted octanol–water partition coefficient (Wildman–Crippen LogP) is -1.67. The molecule has 102 valence electrons. The molecule has 3 N–H and O–H groups in total. The van der Waals surface area contributed by atoms with Gasteiger partial charge in [-0.1, -0.05) is 0 Å². The maximum atomic E-state index is 12.2. The molecule has 1 unspecified atom stereocenters. The van der Waals surface area contributed by atoms with Gasteiger partial charge in [0.1, 0.15) is 5.54 Å². The highest BCUT2D eigenvalue weighted by molar-refractivity contribution is 5.86.